The van der Waals surface area contributed by atoms with Crippen LogP contribution in [0.25, 0.3) is 0 Å². The zero-order valence-electron chi connectivity index (χ0n) is 9.73. The third kappa shape index (κ3) is 3.29. The average Bonchev–Trinajstić information content (AvgIpc) is 2.29. The van der Waals surface area contributed by atoms with E-state index in [-0.39, 0.29) is 6.04 Å². The van der Waals surface area contributed by atoms with Crippen LogP contribution in [0, 0.1) is 6.92 Å². The van der Waals surface area contributed by atoms with Crippen LogP contribution in [0.5, 0.6) is 0 Å². The minimum absolute atomic E-state index is 0.0409. The Labute approximate surface area is 106 Å². The van der Waals surface area contributed by atoms with E-state index in [1.54, 1.807) is 0 Å². The highest BCUT2D eigenvalue weighted by molar-refractivity contribution is 6.30. The monoisotopic (exact) mass is 246 g/mol. The lowest BCUT2D eigenvalue weighted by Gasteiger charge is -2.12. The summed E-state index contributed by atoms with van der Waals surface area (Å²) in [6, 6.07) is 9.83. The number of aromatic nitrogens is 1. The molecule has 1 heterocycles. The van der Waals surface area contributed by atoms with E-state index in [2.05, 4.69) is 11.1 Å². The molecule has 88 valence electrons. The minimum Gasteiger partial charge on any atom is -0.324 e. The van der Waals surface area contributed by atoms with Gasteiger partial charge in [0.25, 0.3) is 0 Å². The first kappa shape index (κ1) is 12.1. The molecule has 2 rings (SSSR count). The summed E-state index contributed by atoms with van der Waals surface area (Å²) in [6.07, 6.45) is 4.42. The number of rotatable bonds is 3. The molecule has 0 saturated carbocycles. The van der Waals surface area contributed by atoms with Crippen molar-refractivity contribution < 1.29 is 0 Å². The molecule has 0 spiro atoms. The molecular formula is C14H15ClN2. The normalized spacial score (nSPS) is 12.4. The number of hydrogen-bond acceptors (Lipinski definition) is 2. The third-order valence-electron chi connectivity index (χ3n) is 2.67. The van der Waals surface area contributed by atoms with Gasteiger partial charge in [0.1, 0.15) is 0 Å². The zero-order valence-corrected chi connectivity index (χ0v) is 10.5. The molecule has 0 aliphatic carbocycles. The largest absolute Gasteiger partial charge is 0.324 e. The Morgan fingerprint density at radius 3 is 2.82 bits per heavy atom. The Balaban J connectivity index is 2.14. The van der Waals surface area contributed by atoms with Crippen molar-refractivity contribution in [2.45, 2.75) is 19.4 Å². The Bertz CT molecular complexity index is 511. The number of nitrogens with two attached hydrogens (primary N) is 1. The van der Waals surface area contributed by atoms with Crippen LogP contribution in [0.1, 0.15) is 22.7 Å². The molecular weight excluding hydrogens is 232 g/mol. The number of nitrogens with zero attached hydrogens (tertiary/aromatic N) is 1. The van der Waals surface area contributed by atoms with Gasteiger partial charge in [0.2, 0.25) is 0 Å². The average molecular weight is 247 g/mol. The van der Waals surface area contributed by atoms with Gasteiger partial charge in [0.05, 0.1) is 0 Å². The first-order valence-corrected chi connectivity index (χ1v) is 5.94. The molecule has 0 saturated heterocycles. The number of hydrogen-bond donors (Lipinski definition) is 1. The van der Waals surface area contributed by atoms with Gasteiger partial charge in [-0.25, -0.2) is 0 Å². The maximum atomic E-state index is 6.16. The summed E-state index contributed by atoms with van der Waals surface area (Å²) >= 11 is 5.95. The van der Waals surface area contributed by atoms with Gasteiger partial charge in [-0.3, -0.25) is 4.98 Å². The number of halogens is 1. The Morgan fingerprint density at radius 1 is 1.29 bits per heavy atom. The second-order valence-electron chi connectivity index (χ2n) is 4.24. The van der Waals surface area contributed by atoms with Crippen molar-refractivity contribution in [3.63, 3.8) is 0 Å². The summed E-state index contributed by atoms with van der Waals surface area (Å²) < 4.78 is 0. The van der Waals surface area contributed by atoms with E-state index in [1.165, 1.54) is 0 Å². The molecule has 1 aromatic heterocycles. The smallest absolute Gasteiger partial charge is 0.0408 e. The second kappa shape index (κ2) is 5.30. The van der Waals surface area contributed by atoms with E-state index in [1.807, 2.05) is 43.6 Å². The molecule has 2 aromatic rings. The van der Waals surface area contributed by atoms with Crippen LogP contribution in [0.3, 0.4) is 0 Å². The summed E-state index contributed by atoms with van der Waals surface area (Å²) in [6.45, 7) is 2.02. The van der Waals surface area contributed by atoms with E-state index in [9.17, 15) is 0 Å². The van der Waals surface area contributed by atoms with E-state index in [0.29, 0.717) is 0 Å². The van der Waals surface area contributed by atoms with Crippen LogP contribution in [0.15, 0.2) is 42.7 Å². The Kier molecular flexibility index (Phi) is 3.77. The lowest BCUT2D eigenvalue weighted by atomic mass is 10.0. The molecule has 0 bridgehead atoms. The van der Waals surface area contributed by atoms with Gasteiger partial charge in [-0.15, -0.1) is 0 Å². The first-order valence-electron chi connectivity index (χ1n) is 5.57. The van der Waals surface area contributed by atoms with E-state index in [0.717, 1.165) is 28.1 Å². The van der Waals surface area contributed by atoms with Gasteiger partial charge in [0, 0.05) is 23.5 Å². The predicted molar refractivity (Wildman–Crippen MR) is 71.1 cm³/mol. The van der Waals surface area contributed by atoms with Gasteiger partial charge in [-0.1, -0.05) is 29.8 Å². The predicted octanol–water partition coefficient (Wildman–Crippen LogP) is 3.29. The van der Waals surface area contributed by atoms with Gasteiger partial charge in [-0.05, 0) is 42.2 Å². The molecule has 2 N–H and O–H groups in total. The minimum atomic E-state index is -0.0409. The number of pyridine rings is 1. The molecule has 17 heavy (non-hydrogen) atoms. The first-order chi connectivity index (χ1) is 8.15. The van der Waals surface area contributed by atoms with Crippen molar-refractivity contribution in [1.82, 2.24) is 4.98 Å². The zero-order chi connectivity index (χ0) is 12.3. The lowest BCUT2D eigenvalue weighted by molar-refractivity contribution is 0.717. The fraction of sp³-hybridized carbons (Fsp3) is 0.214. The number of benzene rings is 1. The van der Waals surface area contributed by atoms with E-state index < -0.39 is 0 Å². The fourth-order valence-corrected chi connectivity index (χ4v) is 2.03. The van der Waals surface area contributed by atoms with Gasteiger partial charge in [0.15, 0.2) is 0 Å². The van der Waals surface area contributed by atoms with Crippen LogP contribution in [-0.2, 0) is 6.42 Å². The highest BCUT2D eigenvalue weighted by Gasteiger charge is 2.07. The maximum Gasteiger partial charge on any atom is 0.0408 e. The molecule has 1 unspecified atom stereocenters. The van der Waals surface area contributed by atoms with Crippen molar-refractivity contribution >= 4 is 11.6 Å². The number of aryl methyl sites for hydroxylation is 1. The summed E-state index contributed by atoms with van der Waals surface area (Å²) in [5, 5.41) is 0.747. The van der Waals surface area contributed by atoms with Crippen molar-refractivity contribution in [3.8, 4) is 0 Å². The fourth-order valence-electron chi connectivity index (χ4n) is 1.82. The van der Waals surface area contributed by atoms with Gasteiger partial charge >= 0.3 is 0 Å². The highest BCUT2D eigenvalue weighted by Crippen LogP contribution is 2.18. The topological polar surface area (TPSA) is 38.9 Å². The molecule has 0 aliphatic heterocycles. The molecule has 1 aromatic carbocycles. The van der Waals surface area contributed by atoms with E-state index >= 15 is 0 Å². The van der Waals surface area contributed by atoms with Crippen molar-refractivity contribution in [2.24, 2.45) is 5.73 Å². The van der Waals surface area contributed by atoms with Gasteiger partial charge in [-0.2, -0.15) is 0 Å². The second-order valence-corrected chi connectivity index (χ2v) is 4.67. The molecule has 2 nitrogen and oxygen atoms in total. The van der Waals surface area contributed by atoms with Crippen LogP contribution >= 0.6 is 11.6 Å². The molecule has 1 atom stereocenters. The highest BCUT2D eigenvalue weighted by atomic mass is 35.5. The standard InChI is InChI=1S/C14H15ClN2/c1-10-5-12(9-17-8-10)14(16)7-11-3-2-4-13(15)6-11/h2-6,8-9,14H,7,16H2,1H3. The third-order valence-corrected chi connectivity index (χ3v) is 2.90. The van der Waals surface area contributed by atoms with Gasteiger partial charge < -0.3 is 5.73 Å². The quantitative estimate of drug-likeness (QED) is 0.903. The van der Waals surface area contributed by atoms with Crippen LogP contribution < -0.4 is 5.73 Å². The van der Waals surface area contributed by atoms with Crippen LogP contribution in [-0.4, -0.2) is 4.98 Å². The van der Waals surface area contributed by atoms with Crippen LogP contribution in [0.2, 0.25) is 5.02 Å². The molecule has 0 amide bonds. The van der Waals surface area contributed by atoms with Crippen LogP contribution in [0.4, 0.5) is 0 Å². The Morgan fingerprint density at radius 2 is 2.12 bits per heavy atom. The van der Waals surface area contributed by atoms with Crippen molar-refractivity contribution in [1.29, 1.82) is 0 Å². The maximum absolute atomic E-state index is 6.16. The summed E-state index contributed by atoms with van der Waals surface area (Å²) in [5.74, 6) is 0. The SMILES string of the molecule is Cc1cncc(C(N)Cc2cccc(Cl)c2)c1. The van der Waals surface area contributed by atoms with Crippen molar-refractivity contribution in [2.75, 3.05) is 0 Å². The van der Waals surface area contributed by atoms with E-state index in [4.69, 9.17) is 17.3 Å². The molecule has 3 heteroatoms. The Hall–Kier alpha value is -1.38. The summed E-state index contributed by atoms with van der Waals surface area (Å²) in [5.41, 5.74) is 9.50. The molecule has 0 fully saturated rings. The summed E-state index contributed by atoms with van der Waals surface area (Å²) in [4.78, 5) is 4.16. The summed E-state index contributed by atoms with van der Waals surface area (Å²) in [7, 11) is 0. The van der Waals surface area contributed by atoms with Crippen molar-refractivity contribution in [3.05, 3.63) is 64.4 Å². The lowest BCUT2D eigenvalue weighted by Crippen LogP contribution is -2.13. The molecule has 0 radical (unpaired) electrons. The molecule has 0 aliphatic rings.